The average molecular weight is 359 g/mol. The minimum Gasteiger partial charge on any atom is -0.298 e. The maximum Gasteiger partial charge on any atom is 0.250 e. The van der Waals surface area contributed by atoms with Gasteiger partial charge < -0.3 is 0 Å². The van der Waals surface area contributed by atoms with Gasteiger partial charge in [0.25, 0.3) is 5.16 Å². The van der Waals surface area contributed by atoms with E-state index >= 15 is 0 Å². The number of hydrogen-bond donors (Lipinski definition) is 0. The van der Waals surface area contributed by atoms with Gasteiger partial charge >= 0.3 is 0 Å². The minimum absolute atomic E-state index is 0.120. The number of halogens is 1. The molecule has 0 fully saturated rings. The zero-order valence-corrected chi connectivity index (χ0v) is 14.7. The van der Waals surface area contributed by atoms with Crippen LogP contribution in [0.25, 0.3) is 11.4 Å². The first-order valence-electron chi connectivity index (χ1n) is 7.93. The van der Waals surface area contributed by atoms with Gasteiger partial charge in [0, 0.05) is 17.7 Å². The molecule has 0 spiro atoms. The Morgan fingerprint density at radius 2 is 1.68 bits per heavy atom. The summed E-state index contributed by atoms with van der Waals surface area (Å²) in [5.74, 6) is -0.0770. The van der Waals surface area contributed by atoms with E-state index in [0.29, 0.717) is 12.4 Å². The van der Waals surface area contributed by atoms with E-state index in [1.165, 1.54) is 25.1 Å². The first kappa shape index (κ1) is 17.3. The van der Waals surface area contributed by atoms with Gasteiger partial charge in [0.05, 0.1) is 5.25 Å². The van der Waals surface area contributed by atoms with E-state index in [-0.39, 0.29) is 10.7 Å². The topological polar surface area (TPSA) is 64.8 Å². The van der Waals surface area contributed by atoms with Gasteiger partial charge in [0.2, 0.25) is 9.84 Å². The number of sulfone groups is 1. The second-order valence-electron chi connectivity index (χ2n) is 5.63. The van der Waals surface area contributed by atoms with Crippen LogP contribution >= 0.6 is 0 Å². The van der Waals surface area contributed by atoms with Crippen molar-refractivity contribution in [1.29, 1.82) is 0 Å². The van der Waals surface area contributed by atoms with E-state index in [1.54, 1.807) is 10.6 Å². The van der Waals surface area contributed by atoms with Crippen molar-refractivity contribution in [2.75, 3.05) is 0 Å². The molecule has 0 aliphatic heterocycles. The summed E-state index contributed by atoms with van der Waals surface area (Å²) in [4.78, 5) is 0. The monoisotopic (exact) mass is 359 g/mol. The summed E-state index contributed by atoms with van der Waals surface area (Å²) in [7, 11) is -3.90. The molecule has 0 amide bonds. The van der Waals surface area contributed by atoms with Gasteiger partial charge in [-0.3, -0.25) is 4.57 Å². The van der Waals surface area contributed by atoms with Crippen LogP contribution in [0.2, 0.25) is 0 Å². The first-order chi connectivity index (χ1) is 12.0. The number of nitrogens with zero attached hydrogens (tertiary/aromatic N) is 3. The molecule has 1 atom stereocenters. The molecule has 0 aliphatic carbocycles. The van der Waals surface area contributed by atoms with Gasteiger partial charge in [-0.1, -0.05) is 48.5 Å². The normalized spacial score (nSPS) is 12.9. The summed E-state index contributed by atoms with van der Waals surface area (Å²) >= 11 is 0. The van der Waals surface area contributed by atoms with Gasteiger partial charge in [0.15, 0.2) is 5.82 Å². The lowest BCUT2D eigenvalue weighted by Crippen LogP contribution is -2.17. The summed E-state index contributed by atoms with van der Waals surface area (Å²) in [6.07, 6.45) is 0. The molecule has 0 N–H and O–H groups in total. The molecule has 0 saturated heterocycles. The molecule has 5 nitrogen and oxygen atoms in total. The second-order valence-corrected chi connectivity index (χ2v) is 7.79. The Hall–Kier alpha value is -2.54. The fourth-order valence-corrected chi connectivity index (χ4v) is 4.23. The maximum atomic E-state index is 14.0. The van der Waals surface area contributed by atoms with Crippen LogP contribution in [-0.2, 0) is 16.4 Å². The maximum absolute atomic E-state index is 14.0. The van der Waals surface area contributed by atoms with Crippen LogP contribution in [-0.4, -0.2) is 23.2 Å². The molecule has 2 aromatic carbocycles. The zero-order chi connectivity index (χ0) is 18.0. The second kappa shape index (κ2) is 6.76. The van der Waals surface area contributed by atoms with Crippen LogP contribution in [0, 0.1) is 5.82 Å². The largest absolute Gasteiger partial charge is 0.298 e. The molecule has 3 rings (SSSR count). The Morgan fingerprint density at radius 3 is 2.32 bits per heavy atom. The standard InChI is InChI=1S/C18H18FN3O2S/c1-3-22-17(14-9-5-4-6-10-14)20-21-18(22)25(23,24)13(2)15-11-7-8-12-16(15)19/h4-13H,3H2,1-2H3/t13-/m1/s1. The highest BCUT2D eigenvalue weighted by Gasteiger charge is 2.32. The molecule has 25 heavy (non-hydrogen) atoms. The SMILES string of the molecule is CCn1c(-c2ccccc2)nnc1S(=O)(=O)[C@H](C)c1ccccc1F. The molecule has 1 aromatic heterocycles. The van der Waals surface area contributed by atoms with Crippen LogP contribution in [0.5, 0.6) is 0 Å². The number of rotatable bonds is 5. The Kier molecular flexibility index (Phi) is 4.67. The molecule has 7 heteroatoms. The van der Waals surface area contributed by atoms with Crippen molar-refractivity contribution in [3.63, 3.8) is 0 Å². The fourth-order valence-electron chi connectivity index (χ4n) is 2.72. The van der Waals surface area contributed by atoms with Crippen LogP contribution in [0.3, 0.4) is 0 Å². The first-order valence-corrected chi connectivity index (χ1v) is 9.48. The van der Waals surface area contributed by atoms with Crippen molar-refractivity contribution in [3.05, 3.63) is 66.0 Å². The molecule has 0 saturated carbocycles. The highest BCUT2D eigenvalue weighted by molar-refractivity contribution is 7.91. The van der Waals surface area contributed by atoms with Crippen LogP contribution in [0.1, 0.15) is 24.7 Å². The molecular formula is C18H18FN3O2S. The predicted molar refractivity (Wildman–Crippen MR) is 93.1 cm³/mol. The Bertz CT molecular complexity index is 985. The van der Waals surface area contributed by atoms with Crippen LogP contribution in [0.4, 0.5) is 4.39 Å². The Labute approximate surface area is 146 Å². The summed E-state index contributed by atoms with van der Waals surface area (Å²) in [5, 5.41) is 6.76. The van der Waals surface area contributed by atoms with Gasteiger partial charge in [-0.25, -0.2) is 12.8 Å². The molecule has 0 aliphatic rings. The highest BCUT2D eigenvalue weighted by atomic mass is 32.2. The lowest BCUT2D eigenvalue weighted by Gasteiger charge is -2.14. The average Bonchev–Trinajstić information content (AvgIpc) is 3.07. The van der Waals surface area contributed by atoms with E-state index in [2.05, 4.69) is 10.2 Å². The lowest BCUT2D eigenvalue weighted by molar-refractivity contribution is 0.552. The molecule has 3 aromatic rings. The van der Waals surface area contributed by atoms with Gasteiger partial charge in [-0.05, 0) is 19.9 Å². The van der Waals surface area contributed by atoms with E-state index in [1.807, 2.05) is 37.3 Å². The van der Waals surface area contributed by atoms with E-state index < -0.39 is 20.9 Å². The van der Waals surface area contributed by atoms with Crippen molar-refractivity contribution in [1.82, 2.24) is 14.8 Å². The summed E-state index contributed by atoms with van der Waals surface area (Å²) < 4.78 is 41.6. The van der Waals surface area contributed by atoms with Crippen molar-refractivity contribution in [3.8, 4) is 11.4 Å². The minimum atomic E-state index is -3.90. The van der Waals surface area contributed by atoms with Crippen molar-refractivity contribution >= 4 is 9.84 Å². The summed E-state index contributed by atoms with van der Waals surface area (Å²) in [5.41, 5.74) is 0.895. The number of aromatic nitrogens is 3. The quantitative estimate of drug-likeness (QED) is 0.698. The summed E-state index contributed by atoms with van der Waals surface area (Å²) in [6, 6.07) is 15.1. The Balaban J connectivity index is 2.10. The fraction of sp³-hybridized carbons (Fsp3) is 0.222. The zero-order valence-electron chi connectivity index (χ0n) is 13.9. The van der Waals surface area contributed by atoms with Gasteiger partial charge in [0.1, 0.15) is 5.82 Å². The van der Waals surface area contributed by atoms with Crippen LogP contribution in [0.15, 0.2) is 59.8 Å². The van der Waals surface area contributed by atoms with Crippen molar-refractivity contribution < 1.29 is 12.8 Å². The lowest BCUT2D eigenvalue weighted by atomic mass is 10.1. The van der Waals surface area contributed by atoms with Crippen molar-refractivity contribution in [2.24, 2.45) is 0 Å². The van der Waals surface area contributed by atoms with Gasteiger partial charge in [-0.15, -0.1) is 10.2 Å². The summed E-state index contributed by atoms with van der Waals surface area (Å²) in [6.45, 7) is 3.67. The van der Waals surface area contributed by atoms with E-state index in [4.69, 9.17) is 0 Å². The number of hydrogen-bond acceptors (Lipinski definition) is 4. The number of benzene rings is 2. The van der Waals surface area contributed by atoms with Crippen molar-refractivity contribution in [2.45, 2.75) is 30.8 Å². The van der Waals surface area contributed by atoms with Gasteiger partial charge in [-0.2, -0.15) is 0 Å². The molecular weight excluding hydrogens is 341 g/mol. The predicted octanol–water partition coefficient (Wildman–Crippen LogP) is 3.64. The highest BCUT2D eigenvalue weighted by Crippen LogP contribution is 2.31. The molecule has 130 valence electrons. The third-order valence-electron chi connectivity index (χ3n) is 4.13. The molecule has 1 heterocycles. The van der Waals surface area contributed by atoms with E-state index in [0.717, 1.165) is 5.56 Å². The van der Waals surface area contributed by atoms with E-state index in [9.17, 15) is 12.8 Å². The Morgan fingerprint density at radius 1 is 1.04 bits per heavy atom. The van der Waals surface area contributed by atoms with Crippen LogP contribution < -0.4 is 0 Å². The third-order valence-corrected chi connectivity index (χ3v) is 6.12. The molecule has 0 radical (unpaired) electrons. The molecule has 0 bridgehead atoms. The molecule has 0 unspecified atom stereocenters. The third kappa shape index (κ3) is 3.07. The smallest absolute Gasteiger partial charge is 0.250 e.